The number of nitrogens with one attached hydrogen (secondary N) is 1. The fourth-order valence-electron chi connectivity index (χ4n) is 1.74. The lowest BCUT2D eigenvalue weighted by Crippen LogP contribution is -2.19. The summed E-state index contributed by atoms with van der Waals surface area (Å²) in [6.07, 6.45) is 3.70. The third-order valence-corrected chi connectivity index (χ3v) is 2.58. The van der Waals surface area contributed by atoms with Gasteiger partial charge in [-0.15, -0.1) is 0 Å². The van der Waals surface area contributed by atoms with E-state index in [0.717, 1.165) is 5.69 Å². The molecule has 0 saturated carbocycles. The standard InChI is InChI=1S/C16H19N3O2/c1-16(2,3)11-14(20)19-12-5-7-13(8-6-12)21-15-17-9-4-10-18-15/h4-10H,11H2,1-3H3,(H,19,20). The third kappa shape index (κ3) is 5.22. The predicted molar refractivity (Wildman–Crippen MR) is 81.2 cm³/mol. The van der Waals surface area contributed by atoms with E-state index in [2.05, 4.69) is 15.3 Å². The number of rotatable bonds is 4. The van der Waals surface area contributed by atoms with Crippen molar-refractivity contribution in [3.63, 3.8) is 0 Å². The molecule has 5 heteroatoms. The van der Waals surface area contributed by atoms with Crippen molar-refractivity contribution in [1.82, 2.24) is 9.97 Å². The molecule has 1 aromatic heterocycles. The van der Waals surface area contributed by atoms with E-state index in [9.17, 15) is 4.79 Å². The Balaban J connectivity index is 1.95. The van der Waals surface area contributed by atoms with E-state index in [1.807, 2.05) is 20.8 Å². The smallest absolute Gasteiger partial charge is 0.321 e. The van der Waals surface area contributed by atoms with Crippen molar-refractivity contribution >= 4 is 11.6 Å². The molecule has 2 aromatic rings. The van der Waals surface area contributed by atoms with E-state index < -0.39 is 0 Å². The Kier molecular flexibility index (Phi) is 4.52. The molecule has 5 nitrogen and oxygen atoms in total. The molecule has 0 spiro atoms. The molecule has 0 saturated heterocycles. The predicted octanol–water partition coefficient (Wildman–Crippen LogP) is 3.64. The van der Waals surface area contributed by atoms with Gasteiger partial charge in [-0.05, 0) is 35.7 Å². The van der Waals surface area contributed by atoms with Crippen molar-refractivity contribution in [2.75, 3.05) is 5.32 Å². The van der Waals surface area contributed by atoms with Gasteiger partial charge in [-0.1, -0.05) is 20.8 Å². The van der Waals surface area contributed by atoms with Crippen LogP contribution in [0.5, 0.6) is 11.8 Å². The van der Waals surface area contributed by atoms with E-state index in [-0.39, 0.29) is 11.3 Å². The Labute approximate surface area is 124 Å². The second-order valence-corrected chi connectivity index (χ2v) is 5.94. The molecular formula is C16H19N3O2. The van der Waals surface area contributed by atoms with Crippen LogP contribution in [0.25, 0.3) is 0 Å². The van der Waals surface area contributed by atoms with Gasteiger partial charge in [0.05, 0.1) is 0 Å². The summed E-state index contributed by atoms with van der Waals surface area (Å²) in [6.45, 7) is 6.09. The topological polar surface area (TPSA) is 64.1 Å². The highest BCUT2D eigenvalue weighted by Crippen LogP contribution is 2.22. The minimum Gasteiger partial charge on any atom is -0.424 e. The monoisotopic (exact) mass is 285 g/mol. The number of benzene rings is 1. The number of hydrogen-bond acceptors (Lipinski definition) is 4. The van der Waals surface area contributed by atoms with Crippen LogP contribution in [0.15, 0.2) is 42.7 Å². The molecule has 0 aliphatic rings. The van der Waals surface area contributed by atoms with E-state index >= 15 is 0 Å². The lowest BCUT2D eigenvalue weighted by atomic mass is 9.92. The van der Waals surface area contributed by atoms with Gasteiger partial charge in [0, 0.05) is 24.5 Å². The van der Waals surface area contributed by atoms with Crippen LogP contribution in [-0.2, 0) is 4.79 Å². The Morgan fingerprint density at radius 3 is 2.33 bits per heavy atom. The van der Waals surface area contributed by atoms with Gasteiger partial charge < -0.3 is 10.1 Å². The van der Waals surface area contributed by atoms with Crippen LogP contribution in [0, 0.1) is 5.41 Å². The molecule has 110 valence electrons. The number of amides is 1. The average Bonchev–Trinajstić information content (AvgIpc) is 2.40. The van der Waals surface area contributed by atoms with Gasteiger partial charge in [0.2, 0.25) is 5.91 Å². The van der Waals surface area contributed by atoms with E-state index in [4.69, 9.17) is 4.74 Å². The Hall–Kier alpha value is -2.43. The SMILES string of the molecule is CC(C)(C)CC(=O)Nc1ccc(Oc2ncccn2)cc1. The zero-order valence-electron chi connectivity index (χ0n) is 12.5. The number of nitrogens with zero attached hydrogens (tertiary/aromatic N) is 2. The molecule has 0 radical (unpaired) electrons. The molecule has 0 aliphatic carbocycles. The molecule has 2 rings (SSSR count). The molecule has 1 amide bonds. The average molecular weight is 285 g/mol. The fourth-order valence-corrected chi connectivity index (χ4v) is 1.74. The van der Waals surface area contributed by atoms with Gasteiger partial charge in [0.25, 0.3) is 0 Å². The highest BCUT2D eigenvalue weighted by atomic mass is 16.5. The fraction of sp³-hybridized carbons (Fsp3) is 0.312. The van der Waals surface area contributed by atoms with Crippen LogP contribution in [-0.4, -0.2) is 15.9 Å². The largest absolute Gasteiger partial charge is 0.424 e. The van der Waals surface area contributed by atoms with E-state index in [1.54, 1.807) is 42.7 Å². The summed E-state index contributed by atoms with van der Waals surface area (Å²) in [7, 11) is 0. The molecular weight excluding hydrogens is 266 g/mol. The Morgan fingerprint density at radius 2 is 1.76 bits per heavy atom. The van der Waals surface area contributed by atoms with Crippen LogP contribution in [0.1, 0.15) is 27.2 Å². The first-order valence-electron chi connectivity index (χ1n) is 6.77. The number of carbonyl (C=O) groups is 1. The maximum atomic E-state index is 11.8. The van der Waals surface area contributed by atoms with Gasteiger partial charge in [0.1, 0.15) is 5.75 Å². The summed E-state index contributed by atoms with van der Waals surface area (Å²) < 4.78 is 5.48. The van der Waals surface area contributed by atoms with Crippen molar-refractivity contribution in [1.29, 1.82) is 0 Å². The molecule has 0 unspecified atom stereocenters. The third-order valence-electron chi connectivity index (χ3n) is 2.58. The van der Waals surface area contributed by atoms with E-state index in [1.165, 1.54) is 0 Å². The molecule has 21 heavy (non-hydrogen) atoms. The van der Waals surface area contributed by atoms with Gasteiger partial charge in [-0.2, -0.15) is 0 Å². The van der Waals surface area contributed by atoms with Crippen LogP contribution in [0.2, 0.25) is 0 Å². The molecule has 1 heterocycles. The van der Waals surface area contributed by atoms with Crippen molar-refractivity contribution in [2.24, 2.45) is 5.41 Å². The van der Waals surface area contributed by atoms with Crippen LogP contribution in [0.4, 0.5) is 5.69 Å². The molecule has 0 bridgehead atoms. The molecule has 1 aromatic carbocycles. The summed E-state index contributed by atoms with van der Waals surface area (Å²) in [5.41, 5.74) is 0.711. The maximum absolute atomic E-state index is 11.8. The van der Waals surface area contributed by atoms with Gasteiger partial charge in [-0.3, -0.25) is 4.79 Å². The zero-order chi connectivity index (χ0) is 15.3. The first-order chi connectivity index (χ1) is 9.92. The summed E-state index contributed by atoms with van der Waals surface area (Å²) in [6, 6.07) is 9.13. The quantitative estimate of drug-likeness (QED) is 0.931. The highest BCUT2D eigenvalue weighted by molar-refractivity contribution is 5.91. The first-order valence-corrected chi connectivity index (χ1v) is 6.77. The van der Waals surface area contributed by atoms with Crippen molar-refractivity contribution in [2.45, 2.75) is 27.2 Å². The van der Waals surface area contributed by atoms with E-state index in [0.29, 0.717) is 18.2 Å². The van der Waals surface area contributed by atoms with Crippen LogP contribution >= 0.6 is 0 Å². The maximum Gasteiger partial charge on any atom is 0.321 e. The lowest BCUT2D eigenvalue weighted by molar-refractivity contribution is -0.117. The Morgan fingerprint density at radius 1 is 1.14 bits per heavy atom. The number of carbonyl (C=O) groups excluding carboxylic acids is 1. The summed E-state index contributed by atoms with van der Waals surface area (Å²) in [5, 5.41) is 2.86. The van der Waals surface area contributed by atoms with Crippen LogP contribution < -0.4 is 10.1 Å². The normalized spacial score (nSPS) is 11.0. The lowest BCUT2D eigenvalue weighted by Gasteiger charge is -2.17. The minimum absolute atomic E-state index is 0.00237. The van der Waals surface area contributed by atoms with Gasteiger partial charge in [0.15, 0.2) is 0 Å². The summed E-state index contributed by atoms with van der Waals surface area (Å²) >= 11 is 0. The zero-order valence-corrected chi connectivity index (χ0v) is 12.5. The second kappa shape index (κ2) is 6.35. The molecule has 1 N–H and O–H groups in total. The first kappa shape index (κ1) is 15.0. The number of ether oxygens (including phenoxy) is 1. The minimum atomic E-state index is -0.0300. The number of aromatic nitrogens is 2. The molecule has 0 atom stereocenters. The second-order valence-electron chi connectivity index (χ2n) is 5.94. The van der Waals surface area contributed by atoms with Crippen molar-refractivity contribution in [3.05, 3.63) is 42.7 Å². The van der Waals surface area contributed by atoms with Crippen molar-refractivity contribution in [3.8, 4) is 11.8 Å². The van der Waals surface area contributed by atoms with Crippen molar-refractivity contribution < 1.29 is 9.53 Å². The highest BCUT2D eigenvalue weighted by Gasteiger charge is 2.15. The van der Waals surface area contributed by atoms with Gasteiger partial charge in [-0.25, -0.2) is 9.97 Å². The number of anilines is 1. The van der Waals surface area contributed by atoms with Gasteiger partial charge >= 0.3 is 6.01 Å². The van der Waals surface area contributed by atoms with Crippen LogP contribution in [0.3, 0.4) is 0 Å². The summed E-state index contributed by atoms with van der Waals surface area (Å²) in [5.74, 6) is 0.623. The summed E-state index contributed by atoms with van der Waals surface area (Å²) in [4.78, 5) is 19.8. The molecule has 0 aliphatic heterocycles. The Bertz CT molecular complexity index is 589. The molecule has 0 fully saturated rings. The number of hydrogen-bond donors (Lipinski definition) is 1.